The molecule has 0 radical (unpaired) electrons. The van der Waals surface area contributed by atoms with Crippen LogP contribution in [-0.4, -0.2) is 0 Å². The number of rotatable bonds is 5. The van der Waals surface area contributed by atoms with Gasteiger partial charge in [-0.15, -0.1) is 0 Å². The topological polar surface area (TPSA) is 0 Å². The first-order valence-electron chi connectivity index (χ1n) is 11.8. The van der Waals surface area contributed by atoms with E-state index in [1.807, 2.05) is 18.2 Å². The van der Waals surface area contributed by atoms with Gasteiger partial charge in [0, 0.05) is 0 Å². The van der Waals surface area contributed by atoms with Crippen LogP contribution in [0.15, 0.2) is 48.5 Å². The average molecular weight is 453 g/mol. The minimum Gasteiger partial charge on any atom is -0.204 e. The van der Waals surface area contributed by atoms with Crippen LogP contribution in [0.3, 0.4) is 0 Å². The molecule has 2 atom stereocenters. The Hall–Kier alpha value is -2.80. The van der Waals surface area contributed by atoms with Crippen molar-refractivity contribution in [3.8, 4) is 11.8 Å². The largest absolute Gasteiger partial charge is 0.204 e. The summed E-state index contributed by atoms with van der Waals surface area (Å²) >= 11 is 0. The second kappa shape index (κ2) is 10.00. The molecule has 4 rings (SSSR count). The minimum absolute atomic E-state index is 0.245. The maximum Gasteiger partial charge on any atom is 0.198 e. The molecule has 0 amide bonds. The summed E-state index contributed by atoms with van der Waals surface area (Å²) in [6, 6.07) is 14.9. The van der Waals surface area contributed by atoms with Crippen molar-refractivity contribution in [2.75, 3.05) is 0 Å². The second-order valence-electron chi connectivity index (χ2n) is 9.03. The molecule has 3 aromatic rings. The summed E-state index contributed by atoms with van der Waals surface area (Å²) in [5.41, 5.74) is 0.0716. The average Bonchev–Trinajstić information content (AvgIpc) is 2.84. The molecular weight excluding hydrogens is 424 g/mol. The molecule has 0 nitrogen and oxygen atoms in total. The van der Waals surface area contributed by atoms with Crippen molar-refractivity contribution in [3.63, 3.8) is 0 Å². The van der Waals surface area contributed by atoms with Crippen molar-refractivity contribution in [2.45, 2.75) is 63.7 Å². The molecule has 0 heterocycles. The zero-order valence-electron chi connectivity index (χ0n) is 18.9. The summed E-state index contributed by atoms with van der Waals surface area (Å²) in [4.78, 5) is 0. The van der Waals surface area contributed by atoms with Gasteiger partial charge in [-0.25, -0.2) is 17.6 Å². The van der Waals surface area contributed by atoms with Crippen LogP contribution < -0.4 is 0 Å². The predicted molar refractivity (Wildman–Crippen MR) is 125 cm³/mol. The van der Waals surface area contributed by atoms with Gasteiger partial charge in [0.1, 0.15) is 0 Å². The van der Waals surface area contributed by atoms with Gasteiger partial charge in [0.2, 0.25) is 0 Å². The smallest absolute Gasteiger partial charge is 0.198 e. The van der Waals surface area contributed by atoms with Crippen molar-refractivity contribution in [2.24, 2.45) is 5.92 Å². The van der Waals surface area contributed by atoms with Crippen molar-refractivity contribution in [1.82, 2.24) is 0 Å². The number of unbranched alkanes of at least 4 members (excludes halogenated alkanes) is 2. The van der Waals surface area contributed by atoms with E-state index < -0.39 is 34.2 Å². The molecule has 4 heteroatoms. The minimum atomic E-state index is -1.82. The molecule has 1 saturated carbocycles. The highest BCUT2D eigenvalue weighted by Gasteiger charge is 2.41. The molecule has 0 N–H and O–H groups in total. The Morgan fingerprint density at radius 2 is 1.70 bits per heavy atom. The van der Waals surface area contributed by atoms with Crippen molar-refractivity contribution >= 4 is 10.8 Å². The fraction of sp³-hybridized carbons (Fsp3) is 0.379. The molecule has 1 aliphatic carbocycles. The Kier molecular flexibility index (Phi) is 7.08. The van der Waals surface area contributed by atoms with Gasteiger partial charge in [-0.3, -0.25) is 0 Å². The molecule has 3 aromatic carbocycles. The molecule has 0 spiro atoms. The normalized spacial score (nSPS) is 20.5. The lowest BCUT2D eigenvalue weighted by atomic mass is 9.60. The third kappa shape index (κ3) is 4.51. The summed E-state index contributed by atoms with van der Waals surface area (Å²) in [5, 5.41) is 2.19. The highest BCUT2D eigenvalue weighted by molar-refractivity contribution is 5.87. The molecule has 33 heavy (non-hydrogen) atoms. The van der Waals surface area contributed by atoms with Gasteiger partial charge in [0.15, 0.2) is 23.3 Å². The number of halogens is 4. The molecule has 0 saturated heterocycles. The standard InChI is InChI=1S/C29H28F4/c1-2-3-4-12-22-13-7-8-17-29(22,24-15-9-11-20-10-5-6-14-23(20)24)18-16-21-19-25(30)27(32)28(33)26(21)31/h5-6,9-11,14-15,19,22H,2-4,7-8,12-13,17H2,1H3. The van der Waals surface area contributed by atoms with Crippen molar-refractivity contribution < 1.29 is 17.6 Å². The van der Waals surface area contributed by atoms with E-state index in [9.17, 15) is 17.6 Å². The van der Waals surface area contributed by atoms with Gasteiger partial charge in [-0.05, 0) is 47.6 Å². The van der Waals surface area contributed by atoms with E-state index in [-0.39, 0.29) is 5.92 Å². The fourth-order valence-electron chi connectivity index (χ4n) is 5.32. The third-order valence-electron chi connectivity index (χ3n) is 7.02. The van der Waals surface area contributed by atoms with Crippen LogP contribution in [0, 0.1) is 41.0 Å². The van der Waals surface area contributed by atoms with Crippen molar-refractivity contribution in [1.29, 1.82) is 0 Å². The lowest BCUT2D eigenvalue weighted by molar-refractivity contribution is 0.226. The third-order valence-corrected chi connectivity index (χ3v) is 7.02. The van der Waals surface area contributed by atoms with Crippen LogP contribution in [0.2, 0.25) is 0 Å². The van der Waals surface area contributed by atoms with E-state index >= 15 is 0 Å². The highest BCUT2D eigenvalue weighted by Crippen LogP contribution is 2.48. The van der Waals surface area contributed by atoms with E-state index in [4.69, 9.17) is 0 Å². The van der Waals surface area contributed by atoms with Crippen molar-refractivity contribution in [3.05, 3.63) is 82.9 Å². The summed E-state index contributed by atoms with van der Waals surface area (Å²) in [6.45, 7) is 2.17. The predicted octanol–water partition coefficient (Wildman–Crippen LogP) is 8.46. The molecular formula is C29H28F4. The maximum atomic E-state index is 14.4. The lowest BCUT2D eigenvalue weighted by Gasteiger charge is -2.42. The Morgan fingerprint density at radius 1 is 0.909 bits per heavy atom. The Labute approximate surface area is 193 Å². The second-order valence-corrected chi connectivity index (χ2v) is 9.03. The summed E-state index contributed by atoms with van der Waals surface area (Å²) in [6.07, 6.45) is 8.15. The quantitative estimate of drug-likeness (QED) is 0.120. The van der Waals surface area contributed by atoms with E-state index in [1.54, 1.807) is 0 Å². The van der Waals surface area contributed by atoms with E-state index in [1.165, 1.54) is 0 Å². The van der Waals surface area contributed by atoms with Gasteiger partial charge in [0.25, 0.3) is 0 Å². The maximum absolute atomic E-state index is 14.4. The number of hydrogen-bond acceptors (Lipinski definition) is 0. The van der Waals surface area contributed by atoms with Crippen LogP contribution in [0.25, 0.3) is 10.8 Å². The first-order valence-corrected chi connectivity index (χ1v) is 11.8. The molecule has 0 bridgehead atoms. The zero-order chi connectivity index (χ0) is 23.4. The first kappa shape index (κ1) is 23.4. The highest BCUT2D eigenvalue weighted by atomic mass is 19.2. The molecule has 1 aliphatic rings. The van der Waals surface area contributed by atoms with E-state index in [0.717, 1.165) is 67.7 Å². The van der Waals surface area contributed by atoms with E-state index in [2.05, 4.69) is 43.0 Å². The molecule has 0 aromatic heterocycles. The van der Waals surface area contributed by atoms with Gasteiger partial charge in [-0.1, -0.05) is 93.3 Å². The summed E-state index contributed by atoms with van der Waals surface area (Å²) in [7, 11) is 0. The first-order chi connectivity index (χ1) is 16.0. The zero-order valence-corrected chi connectivity index (χ0v) is 18.9. The Bertz CT molecular complexity index is 1200. The Morgan fingerprint density at radius 3 is 2.52 bits per heavy atom. The van der Waals surface area contributed by atoms with Crippen LogP contribution in [0.1, 0.15) is 69.4 Å². The van der Waals surface area contributed by atoms with Gasteiger partial charge in [-0.2, -0.15) is 0 Å². The number of hydrogen-bond donors (Lipinski definition) is 0. The molecule has 1 fully saturated rings. The number of benzene rings is 3. The summed E-state index contributed by atoms with van der Waals surface area (Å²) in [5.74, 6) is -0.199. The van der Waals surface area contributed by atoms with Gasteiger partial charge >= 0.3 is 0 Å². The SMILES string of the molecule is CCCCCC1CCCCC1(C#Cc1cc(F)c(F)c(F)c1F)c1cccc2ccccc12. The van der Waals surface area contributed by atoms with Crippen LogP contribution in [-0.2, 0) is 5.41 Å². The Balaban J connectivity index is 1.90. The van der Waals surface area contributed by atoms with Gasteiger partial charge < -0.3 is 0 Å². The molecule has 172 valence electrons. The monoisotopic (exact) mass is 452 g/mol. The summed E-state index contributed by atoms with van der Waals surface area (Å²) < 4.78 is 55.6. The molecule has 0 aliphatic heterocycles. The lowest BCUT2D eigenvalue weighted by Crippen LogP contribution is -2.37. The fourth-order valence-corrected chi connectivity index (χ4v) is 5.32. The number of fused-ring (bicyclic) bond motifs is 1. The van der Waals surface area contributed by atoms with E-state index in [0.29, 0.717) is 6.07 Å². The van der Waals surface area contributed by atoms with Crippen LogP contribution in [0.4, 0.5) is 17.6 Å². The van der Waals surface area contributed by atoms with Gasteiger partial charge in [0.05, 0.1) is 11.0 Å². The molecule has 2 unspecified atom stereocenters. The van der Waals surface area contributed by atoms with Crippen LogP contribution in [0.5, 0.6) is 0 Å². The van der Waals surface area contributed by atoms with Crippen LogP contribution >= 0.6 is 0 Å².